The minimum Gasteiger partial charge on any atom is -0.449 e. The van der Waals surface area contributed by atoms with E-state index in [2.05, 4.69) is 15.4 Å². The number of hydrogen-bond donors (Lipinski definition) is 2. The summed E-state index contributed by atoms with van der Waals surface area (Å²) in [7, 11) is 0. The van der Waals surface area contributed by atoms with Crippen LogP contribution in [0.1, 0.15) is 23.4 Å². The maximum Gasteiger partial charge on any atom is 0.573 e. The molecule has 1 aliphatic heterocycles. The molecule has 0 aliphatic carbocycles. The molecule has 7 nitrogen and oxygen atoms in total. The van der Waals surface area contributed by atoms with Gasteiger partial charge in [-0.25, -0.2) is 0 Å². The zero-order valence-corrected chi connectivity index (χ0v) is 16.0. The lowest BCUT2D eigenvalue weighted by Gasteiger charge is -2.11. The van der Waals surface area contributed by atoms with Crippen molar-refractivity contribution >= 4 is 34.2 Å². The van der Waals surface area contributed by atoms with Gasteiger partial charge in [0.15, 0.2) is 0 Å². The largest absolute Gasteiger partial charge is 0.573 e. The molecule has 0 unspecified atom stereocenters. The lowest BCUT2D eigenvalue weighted by molar-refractivity contribution is -0.274. The number of alkyl halides is 3. The van der Waals surface area contributed by atoms with E-state index in [4.69, 9.17) is 9.15 Å². The summed E-state index contributed by atoms with van der Waals surface area (Å²) in [4.78, 5) is 25.3. The molecule has 2 N–H and O–H groups in total. The SMILES string of the molecule is O=C(Nc1ccc(OC(F)(F)F)cc1)c1oc2ccccc2c1NC(=O)[C@@H]1CCCO1. The summed E-state index contributed by atoms with van der Waals surface area (Å²) >= 11 is 0. The summed E-state index contributed by atoms with van der Waals surface area (Å²) < 4.78 is 51.7. The van der Waals surface area contributed by atoms with Gasteiger partial charge in [-0.1, -0.05) is 12.1 Å². The monoisotopic (exact) mass is 434 g/mol. The number of ether oxygens (including phenoxy) is 2. The van der Waals surface area contributed by atoms with Crippen molar-refractivity contribution in [1.82, 2.24) is 0 Å². The summed E-state index contributed by atoms with van der Waals surface area (Å²) in [6.45, 7) is 0.492. The maximum absolute atomic E-state index is 12.8. The first-order chi connectivity index (χ1) is 14.8. The Morgan fingerprint density at radius 3 is 2.45 bits per heavy atom. The molecule has 0 spiro atoms. The molecule has 1 saturated heterocycles. The molecular weight excluding hydrogens is 417 g/mol. The molecule has 1 fully saturated rings. The van der Waals surface area contributed by atoms with Crippen LogP contribution < -0.4 is 15.4 Å². The predicted molar refractivity (Wildman–Crippen MR) is 105 cm³/mol. The zero-order chi connectivity index (χ0) is 22.0. The van der Waals surface area contributed by atoms with Crippen molar-refractivity contribution in [2.75, 3.05) is 17.2 Å². The molecule has 2 amide bonds. The molecule has 1 aromatic heterocycles. The number of halogens is 3. The van der Waals surface area contributed by atoms with Gasteiger partial charge in [0, 0.05) is 17.7 Å². The first-order valence-corrected chi connectivity index (χ1v) is 9.41. The summed E-state index contributed by atoms with van der Waals surface area (Å²) in [5.41, 5.74) is 0.811. The third-order valence-corrected chi connectivity index (χ3v) is 4.62. The Kier molecular flexibility index (Phi) is 5.55. The normalized spacial score (nSPS) is 16.3. The second-order valence-electron chi connectivity index (χ2n) is 6.82. The topological polar surface area (TPSA) is 89.8 Å². The van der Waals surface area contributed by atoms with Crippen LogP contribution in [0.5, 0.6) is 5.75 Å². The van der Waals surface area contributed by atoms with Crippen molar-refractivity contribution in [2.24, 2.45) is 0 Å². The quantitative estimate of drug-likeness (QED) is 0.608. The van der Waals surface area contributed by atoms with Gasteiger partial charge >= 0.3 is 6.36 Å². The number of para-hydroxylation sites is 1. The smallest absolute Gasteiger partial charge is 0.449 e. The highest BCUT2D eigenvalue weighted by molar-refractivity contribution is 6.15. The molecule has 3 aromatic rings. The second kappa shape index (κ2) is 8.31. The average Bonchev–Trinajstić information content (AvgIpc) is 3.37. The van der Waals surface area contributed by atoms with Gasteiger partial charge in [0.25, 0.3) is 11.8 Å². The number of anilines is 2. The number of fused-ring (bicyclic) bond motifs is 1. The maximum atomic E-state index is 12.8. The Morgan fingerprint density at radius 2 is 1.77 bits per heavy atom. The number of carbonyl (C=O) groups excluding carboxylic acids is 2. The lowest BCUT2D eigenvalue weighted by atomic mass is 10.2. The zero-order valence-electron chi connectivity index (χ0n) is 16.0. The van der Waals surface area contributed by atoms with Crippen LogP contribution in [0.2, 0.25) is 0 Å². The molecular formula is C21H17F3N2O5. The fourth-order valence-electron chi connectivity index (χ4n) is 3.25. The van der Waals surface area contributed by atoms with Crippen molar-refractivity contribution in [3.05, 3.63) is 54.3 Å². The van der Waals surface area contributed by atoms with Gasteiger partial charge in [-0.3, -0.25) is 9.59 Å². The van der Waals surface area contributed by atoms with Crippen LogP contribution in [0.15, 0.2) is 52.9 Å². The summed E-state index contributed by atoms with van der Waals surface area (Å²) in [6.07, 6.45) is -4.07. The molecule has 31 heavy (non-hydrogen) atoms. The van der Waals surface area contributed by atoms with E-state index in [1.807, 2.05) is 0 Å². The molecule has 2 aromatic carbocycles. The molecule has 1 aliphatic rings. The molecule has 162 valence electrons. The van der Waals surface area contributed by atoms with Gasteiger partial charge in [0.2, 0.25) is 5.76 Å². The minimum atomic E-state index is -4.81. The fraction of sp³-hybridized carbons (Fsp3) is 0.238. The van der Waals surface area contributed by atoms with E-state index in [0.717, 1.165) is 18.6 Å². The van der Waals surface area contributed by atoms with E-state index in [9.17, 15) is 22.8 Å². The third-order valence-electron chi connectivity index (χ3n) is 4.62. The Morgan fingerprint density at radius 1 is 1.03 bits per heavy atom. The van der Waals surface area contributed by atoms with E-state index in [1.165, 1.54) is 12.1 Å². The first-order valence-electron chi connectivity index (χ1n) is 9.41. The van der Waals surface area contributed by atoms with E-state index < -0.39 is 24.1 Å². The minimum absolute atomic E-state index is 0.136. The standard InChI is InChI=1S/C21H17F3N2O5/c22-21(23,24)31-13-9-7-12(8-10-13)25-20(28)18-17(14-4-1-2-5-15(14)30-18)26-19(27)16-6-3-11-29-16/h1-2,4-5,7-10,16H,3,6,11H2,(H,25,28)(H,26,27)/t16-/m0/s1. The average molecular weight is 434 g/mol. The predicted octanol–water partition coefficient (Wildman–Crippen LogP) is 4.70. The van der Waals surface area contributed by atoms with Crippen molar-refractivity contribution in [1.29, 1.82) is 0 Å². The number of benzene rings is 2. The van der Waals surface area contributed by atoms with Gasteiger partial charge in [-0.15, -0.1) is 13.2 Å². The van der Waals surface area contributed by atoms with Crippen LogP contribution in [0.25, 0.3) is 11.0 Å². The highest BCUT2D eigenvalue weighted by Crippen LogP contribution is 2.32. The van der Waals surface area contributed by atoms with Gasteiger partial charge in [-0.2, -0.15) is 0 Å². The van der Waals surface area contributed by atoms with Crippen molar-refractivity contribution in [2.45, 2.75) is 25.3 Å². The van der Waals surface area contributed by atoms with Crippen LogP contribution in [0.4, 0.5) is 24.5 Å². The first kappa shape index (κ1) is 20.7. The van der Waals surface area contributed by atoms with E-state index in [0.29, 0.717) is 24.0 Å². The van der Waals surface area contributed by atoms with Gasteiger partial charge in [0.1, 0.15) is 23.1 Å². The van der Waals surface area contributed by atoms with Crippen molar-refractivity contribution in [3.8, 4) is 5.75 Å². The van der Waals surface area contributed by atoms with Gasteiger partial charge in [-0.05, 0) is 49.2 Å². The van der Waals surface area contributed by atoms with Crippen LogP contribution in [-0.2, 0) is 9.53 Å². The van der Waals surface area contributed by atoms with E-state index in [-0.39, 0.29) is 23.0 Å². The second-order valence-corrected chi connectivity index (χ2v) is 6.82. The Labute approximate surface area is 174 Å². The van der Waals surface area contributed by atoms with Crippen molar-refractivity contribution < 1.29 is 36.7 Å². The number of amides is 2. The summed E-state index contributed by atoms with van der Waals surface area (Å²) in [6, 6.07) is 11.5. The highest BCUT2D eigenvalue weighted by atomic mass is 19.4. The highest BCUT2D eigenvalue weighted by Gasteiger charge is 2.31. The number of carbonyl (C=O) groups is 2. The van der Waals surface area contributed by atoms with Crippen LogP contribution in [0, 0.1) is 0 Å². The number of rotatable bonds is 5. The summed E-state index contributed by atoms with van der Waals surface area (Å²) in [5, 5.41) is 5.79. The molecule has 10 heteroatoms. The molecule has 1 atom stereocenters. The molecule has 0 bridgehead atoms. The lowest BCUT2D eigenvalue weighted by Crippen LogP contribution is -2.27. The number of furan rings is 1. The molecule has 2 heterocycles. The van der Waals surface area contributed by atoms with Gasteiger partial charge < -0.3 is 24.5 Å². The van der Waals surface area contributed by atoms with Crippen LogP contribution in [-0.4, -0.2) is 30.9 Å². The fourth-order valence-corrected chi connectivity index (χ4v) is 3.25. The Hall–Kier alpha value is -3.53. The molecule has 0 saturated carbocycles. The Balaban J connectivity index is 1.56. The van der Waals surface area contributed by atoms with E-state index >= 15 is 0 Å². The van der Waals surface area contributed by atoms with E-state index in [1.54, 1.807) is 24.3 Å². The van der Waals surface area contributed by atoms with Crippen LogP contribution >= 0.6 is 0 Å². The van der Waals surface area contributed by atoms with Crippen LogP contribution in [0.3, 0.4) is 0 Å². The van der Waals surface area contributed by atoms with Crippen molar-refractivity contribution in [3.63, 3.8) is 0 Å². The third kappa shape index (κ3) is 4.80. The molecule has 0 radical (unpaired) electrons. The number of hydrogen-bond acceptors (Lipinski definition) is 5. The molecule has 4 rings (SSSR count). The Bertz CT molecular complexity index is 1100. The number of nitrogens with one attached hydrogen (secondary N) is 2. The summed E-state index contributed by atoms with van der Waals surface area (Å²) in [5.74, 6) is -1.61. The van der Waals surface area contributed by atoms with Gasteiger partial charge in [0.05, 0.1) is 0 Å².